The summed E-state index contributed by atoms with van der Waals surface area (Å²) in [5.41, 5.74) is 0. The molecule has 0 aromatic carbocycles. The predicted octanol–water partition coefficient (Wildman–Crippen LogP) is 1.43. The molecule has 8 heteroatoms. The minimum absolute atomic E-state index is 0.0757. The zero-order chi connectivity index (χ0) is 16.3. The molecule has 1 saturated heterocycles. The van der Waals surface area contributed by atoms with E-state index in [2.05, 4.69) is 20.0 Å². The van der Waals surface area contributed by atoms with Gasteiger partial charge in [-0.15, -0.1) is 0 Å². The molecule has 8 nitrogen and oxygen atoms in total. The second-order valence-corrected chi connectivity index (χ2v) is 5.39. The third-order valence-electron chi connectivity index (χ3n) is 3.46. The van der Waals surface area contributed by atoms with E-state index >= 15 is 0 Å². The number of nitrogens with zero attached hydrogens (tertiary/aromatic N) is 3. The SMILES string of the molecule is COC(=O)C(C)Nc1nccc(N2C(=O)OC[C@@H]2C(C)C)n1. The van der Waals surface area contributed by atoms with Gasteiger partial charge in [0.1, 0.15) is 18.5 Å². The van der Waals surface area contributed by atoms with Gasteiger partial charge in [-0.05, 0) is 18.9 Å². The molecule has 1 fully saturated rings. The molecule has 1 aromatic heterocycles. The summed E-state index contributed by atoms with van der Waals surface area (Å²) >= 11 is 0. The van der Waals surface area contributed by atoms with Crippen LogP contribution < -0.4 is 10.2 Å². The zero-order valence-electron chi connectivity index (χ0n) is 13.1. The Morgan fingerprint density at radius 1 is 1.50 bits per heavy atom. The normalized spacial score (nSPS) is 19.0. The average Bonchev–Trinajstić information content (AvgIpc) is 2.88. The Labute approximate surface area is 128 Å². The summed E-state index contributed by atoms with van der Waals surface area (Å²) in [5, 5.41) is 2.84. The third-order valence-corrected chi connectivity index (χ3v) is 3.46. The summed E-state index contributed by atoms with van der Waals surface area (Å²) in [7, 11) is 1.31. The molecule has 2 heterocycles. The number of hydrogen-bond acceptors (Lipinski definition) is 7. The molecule has 1 amide bonds. The first-order valence-corrected chi connectivity index (χ1v) is 7.07. The molecule has 2 rings (SSSR count). The fourth-order valence-electron chi connectivity index (χ4n) is 2.17. The molecule has 120 valence electrons. The van der Waals surface area contributed by atoms with E-state index in [1.165, 1.54) is 18.2 Å². The van der Waals surface area contributed by atoms with Gasteiger partial charge < -0.3 is 14.8 Å². The van der Waals surface area contributed by atoms with Crippen molar-refractivity contribution in [2.45, 2.75) is 32.9 Å². The number of ether oxygens (including phenoxy) is 2. The van der Waals surface area contributed by atoms with E-state index in [4.69, 9.17) is 4.74 Å². The maximum atomic E-state index is 11.9. The second-order valence-electron chi connectivity index (χ2n) is 5.39. The van der Waals surface area contributed by atoms with E-state index < -0.39 is 18.1 Å². The number of methoxy groups -OCH3 is 1. The lowest BCUT2D eigenvalue weighted by atomic mass is 10.0. The third kappa shape index (κ3) is 3.26. The van der Waals surface area contributed by atoms with Crippen molar-refractivity contribution in [1.82, 2.24) is 9.97 Å². The van der Waals surface area contributed by atoms with E-state index in [-0.39, 0.29) is 17.9 Å². The Balaban J connectivity index is 2.20. The minimum atomic E-state index is -0.591. The van der Waals surface area contributed by atoms with Gasteiger partial charge in [0.05, 0.1) is 13.2 Å². The van der Waals surface area contributed by atoms with Crippen LogP contribution >= 0.6 is 0 Å². The second kappa shape index (κ2) is 6.59. The highest BCUT2D eigenvalue weighted by molar-refractivity contribution is 5.89. The Morgan fingerprint density at radius 3 is 2.86 bits per heavy atom. The summed E-state index contributed by atoms with van der Waals surface area (Å²) in [6.07, 6.45) is 1.10. The number of nitrogens with one attached hydrogen (secondary N) is 1. The maximum Gasteiger partial charge on any atom is 0.415 e. The molecular weight excluding hydrogens is 288 g/mol. The van der Waals surface area contributed by atoms with Crippen molar-refractivity contribution in [1.29, 1.82) is 0 Å². The Morgan fingerprint density at radius 2 is 2.23 bits per heavy atom. The topological polar surface area (TPSA) is 93.7 Å². The zero-order valence-corrected chi connectivity index (χ0v) is 13.1. The lowest BCUT2D eigenvalue weighted by Crippen LogP contribution is -2.38. The van der Waals surface area contributed by atoms with E-state index in [0.29, 0.717) is 12.4 Å². The molecule has 1 aliphatic rings. The van der Waals surface area contributed by atoms with Crippen molar-refractivity contribution in [3.05, 3.63) is 12.3 Å². The van der Waals surface area contributed by atoms with Crippen LogP contribution in [0.2, 0.25) is 0 Å². The van der Waals surface area contributed by atoms with Gasteiger partial charge in [0.2, 0.25) is 5.95 Å². The quantitative estimate of drug-likeness (QED) is 0.822. The van der Waals surface area contributed by atoms with Crippen LogP contribution in [0, 0.1) is 5.92 Å². The van der Waals surface area contributed by atoms with Gasteiger partial charge in [-0.3, -0.25) is 4.90 Å². The number of rotatable bonds is 5. The van der Waals surface area contributed by atoms with Gasteiger partial charge in [0.25, 0.3) is 0 Å². The first-order valence-electron chi connectivity index (χ1n) is 7.07. The Bertz CT molecular complexity index is 564. The lowest BCUT2D eigenvalue weighted by molar-refractivity contribution is -0.141. The van der Waals surface area contributed by atoms with Crippen LogP contribution in [0.4, 0.5) is 16.6 Å². The molecule has 1 aromatic rings. The van der Waals surface area contributed by atoms with Crippen LogP contribution in [0.3, 0.4) is 0 Å². The van der Waals surface area contributed by atoms with E-state index in [9.17, 15) is 9.59 Å². The van der Waals surface area contributed by atoms with E-state index in [0.717, 1.165) is 0 Å². The number of anilines is 2. The molecule has 0 spiro atoms. The van der Waals surface area contributed by atoms with Crippen LogP contribution in [0.15, 0.2) is 12.3 Å². The van der Waals surface area contributed by atoms with Crippen LogP contribution in [0.1, 0.15) is 20.8 Å². The number of hydrogen-bond donors (Lipinski definition) is 1. The largest absolute Gasteiger partial charge is 0.467 e. The Kier molecular flexibility index (Phi) is 4.79. The van der Waals surface area contributed by atoms with Crippen molar-refractivity contribution >= 4 is 23.8 Å². The highest BCUT2D eigenvalue weighted by atomic mass is 16.6. The van der Waals surface area contributed by atoms with Gasteiger partial charge in [-0.1, -0.05) is 13.8 Å². The molecular formula is C14H20N4O4. The molecule has 0 bridgehead atoms. The number of esters is 1. The van der Waals surface area contributed by atoms with Crippen LogP contribution in [-0.2, 0) is 14.3 Å². The highest BCUT2D eigenvalue weighted by Crippen LogP contribution is 2.25. The first-order chi connectivity index (χ1) is 10.4. The summed E-state index contributed by atoms with van der Waals surface area (Å²) in [4.78, 5) is 33.2. The van der Waals surface area contributed by atoms with Crippen molar-refractivity contribution < 1.29 is 19.1 Å². The van der Waals surface area contributed by atoms with Gasteiger partial charge in [-0.2, -0.15) is 4.98 Å². The van der Waals surface area contributed by atoms with Crippen molar-refractivity contribution in [2.75, 3.05) is 23.9 Å². The van der Waals surface area contributed by atoms with Crippen molar-refractivity contribution in [3.8, 4) is 0 Å². The maximum absolute atomic E-state index is 11.9. The summed E-state index contributed by atoms with van der Waals surface area (Å²) in [6.45, 7) is 6.00. The predicted molar refractivity (Wildman–Crippen MR) is 79.6 cm³/mol. The molecule has 1 unspecified atom stereocenters. The molecule has 22 heavy (non-hydrogen) atoms. The van der Waals surface area contributed by atoms with Crippen molar-refractivity contribution in [3.63, 3.8) is 0 Å². The van der Waals surface area contributed by atoms with Gasteiger partial charge in [0, 0.05) is 6.20 Å². The standard InChI is InChI=1S/C14H20N4O4/c1-8(2)10-7-22-14(20)18(10)11-5-6-15-13(17-11)16-9(3)12(19)21-4/h5-6,8-10H,7H2,1-4H3,(H,15,16,17)/t9?,10-/m1/s1. The fraction of sp³-hybridized carbons (Fsp3) is 0.571. The molecule has 1 N–H and O–H groups in total. The summed E-state index contributed by atoms with van der Waals surface area (Å²) in [5.74, 6) is 0.495. The molecule has 0 radical (unpaired) electrons. The minimum Gasteiger partial charge on any atom is -0.467 e. The van der Waals surface area contributed by atoms with Gasteiger partial charge in [-0.25, -0.2) is 14.6 Å². The van der Waals surface area contributed by atoms with Crippen LogP contribution in [0.5, 0.6) is 0 Å². The van der Waals surface area contributed by atoms with Gasteiger partial charge >= 0.3 is 12.1 Å². The summed E-state index contributed by atoms with van der Waals surface area (Å²) in [6, 6.07) is 0.968. The molecule has 0 aliphatic carbocycles. The van der Waals surface area contributed by atoms with E-state index in [1.807, 2.05) is 13.8 Å². The van der Waals surface area contributed by atoms with Crippen LogP contribution in [-0.4, -0.2) is 47.8 Å². The number of carbonyl (C=O) groups excluding carboxylic acids is 2. The molecule has 1 aliphatic heterocycles. The number of aromatic nitrogens is 2. The van der Waals surface area contributed by atoms with Gasteiger partial charge in [0.15, 0.2) is 0 Å². The van der Waals surface area contributed by atoms with Crippen LogP contribution in [0.25, 0.3) is 0 Å². The molecule has 2 atom stereocenters. The monoisotopic (exact) mass is 308 g/mol. The average molecular weight is 308 g/mol. The number of amides is 1. The summed E-state index contributed by atoms with van der Waals surface area (Å²) < 4.78 is 9.74. The Hall–Kier alpha value is -2.38. The molecule has 0 saturated carbocycles. The van der Waals surface area contributed by atoms with Crippen molar-refractivity contribution in [2.24, 2.45) is 5.92 Å². The van der Waals surface area contributed by atoms with E-state index in [1.54, 1.807) is 13.0 Å². The number of carbonyl (C=O) groups is 2. The fourth-order valence-corrected chi connectivity index (χ4v) is 2.17. The first kappa shape index (κ1) is 16.0. The smallest absolute Gasteiger partial charge is 0.415 e. The lowest BCUT2D eigenvalue weighted by Gasteiger charge is -2.23. The highest BCUT2D eigenvalue weighted by Gasteiger charge is 2.37. The number of cyclic esters (lactones) is 1.